The molecule has 0 aromatic heterocycles. The van der Waals surface area contributed by atoms with Gasteiger partial charge in [0.2, 0.25) is 0 Å². The lowest BCUT2D eigenvalue weighted by Crippen LogP contribution is -2.49. The fraction of sp³-hybridized carbons (Fsp3) is 0.435. The molecule has 29 heavy (non-hydrogen) atoms. The number of likely N-dealkylation sites (tertiary alicyclic amines) is 1. The smallest absolute Gasteiger partial charge is 0.257 e. The Bertz CT molecular complexity index is 906. The maximum absolute atomic E-state index is 14.4. The van der Waals surface area contributed by atoms with Crippen LogP contribution in [0, 0.1) is 17.0 Å². The Morgan fingerprint density at radius 2 is 1.83 bits per heavy atom. The Morgan fingerprint density at radius 3 is 2.52 bits per heavy atom. The first-order valence-corrected chi connectivity index (χ1v) is 10.0. The summed E-state index contributed by atoms with van der Waals surface area (Å²) < 4.78 is 27.8. The molecule has 1 heterocycles. The van der Waals surface area contributed by atoms with Gasteiger partial charge in [0.15, 0.2) is 0 Å². The number of aliphatic hydroxyl groups excluding tert-OH is 2. The molecule has 2 N–H and O–H groups in total. The maximum atomic E-state index is 14.4. The summed E-state index contributed by atoms with van der Waals surface area (Å²) in [4.78, 5) is 15.1. The fourth-order valence-electron chi connectivity index (χ4n) is 5.13. The van der Waals surface area contributed by atoms with Crippen molar-refractivity contribution in [1.29, 1.82) is 0 Å². The number of rotatable bonds is 2. The molecule has 0 radical (unpaired) electrons. The van der Waals surface area contributed by atoms with Crippen LogP contribution in [0.15, 0.2) is 48.5 Å². The van der Waals surface area contributed by atoms with Crippen molar-refractivity contribution in [3.63, 3.8) is 0 Å². The summed E-state index contributed by atoms with van der Waals surface area (Å²) in [5.41, 5.74) is -0.0296. The summed E-state index contributed by atoms with van der Waals surface area (Å²) in [5, 5.41) is 21.3. The second-order valence-corrected chi connectivity index (χ2v) is 8.43. The highest BCUT2D eigenvalue weighted by Crippen LogP contribution is 2.53. The van der Waals surface area contributed by atoms with Crippen molar-refractivity contribution >= 4 is 5.91 Å². The first kappa shape index (κ1) is 20.0. The van der Waals surface area contributed by atoms with Crippen molar-refractivity contribution in [3.05, 3.63) is 71.3 Å². The van der Waals surface area contributed by atoms with E-state index in [1.165, 1.54) is 6.07 Å². The van der Waals surface area contributed by atoms with Crippen LogP contribution in [-0.2, 0) is 0 Å². The van der Waals surface area contributed by atoms with Crippen LogP contribution in [0.25, 0.3) is 0 Å². The third kappa shape index (κ3) is 3.34. The van der Waals surface area contributed by atoms with Crippen LogP contribution in [0.5, 0.6) is 0 Å². The van der Waals surface area contributed by atoms with E-state index < -0.39 is 35.2 Å². The SMILES string of the molecule is C[C@@]12C[C@H](c3ccccc3)N(C(=O)c3ccc(F)cc3F)[C@@H]1CCC[C@@H](O)[C@H]2O. The Hall–Kier alpha value is -2.31. The second kappa shape index (κ2) is 7.50. The van der Waals surface area contributed by atoms with Gasteiger partial charge in [0, 0.05) is 17.5 Å². The number of aliphatic hydroxyl groups is 2. The first-order valence-electron chi connectivity index (χ1n) is 10.0. The molecule has 0 spiro atoms. The van der Waals surface area contributed by atoms with Crippen molar-refractivity contribution in [2.24, 2.45) is 5.41 Å². The average Bonchev–Trinajstić information content (AvgIpc) is 2.96. The molecule has 1 saturated carbocycles. The highest BCUT2D eigenvalue weighted by molar-refractivity contribution is 5.95. The molecule has 1 aliphatic carbocycles. The fourth-order valence-corrected chi connectivity index (χ4v) is 5.13. The number of amides is 1. The molecule has 1 aliphatic heterocycles. The van der Waals surface area contributed by atoms with E-state index >= 15 is 0 Å². The lowest BCUT2D eigenvalue weighted by atomic mass is 9.74. The van der Waals surface area contributed by atoms with Gasteiger partial charge in [0.25, 0.3) is 5.91 Å². The van der Waals surface area contributed by atoms with E-state index in [2.05, 4.69) is 0 Å². The number of carbonyl (C=O) groups excluding carboxylic acids is 1. The van der Waals surface area contributed by atoms with E-state index in [0.717, 1.165) is 11.6 Å². The van der Waals surface area contributed by atoms with Crippen molar-refractivity contribution < 1.29 is 23.8 Å². The average molecular weight is 401 g/mol. The Labute approximate surface area is 168 Å². The predicted octanol–water partition coefficient (Wildman–Crippen LogP) is 3.83. The third-order valence-corrected chi connectivity index (χ3v) is 6.66. The van der Waals surface area contributed by atoms with Crippen molar-refractivity contribution in [2.75, 3.05) is 0 Å². The number of halogens is 2. The molecule has 154 valence electrons. The Morgan fingerprint density at radius 1 is 1.10 bits per heavy atom. The maximum Gasteiger partial charge on any atom is 0.257 e. The lowest BCUT2D eigenvalue weighted by molar-refractivity contribution is -0.0612. The predicted molar refractivity (Wildman–Crippen MR) is 104 cm³/mol. The van der Waals surface area contributed by atoms with E-state index in [4.69, 9.17) is 0 Å². The van der Waals surface area contributed by atoms with E-state index in [9.17, 15) is 23.8 Å². The number of benzene rings is 2. The Kier molecular flexibility index (Phi) is 5.17. The van der Waals surface area contributed by atoms with Gasteiger partial charge in [-0.25, -0.2) is 8.78 Å². The summed E-state index contributed by atoms with van der Waals surface area (Å²) in [7, 11) is 0. The third-order valence-electron chi connectivity index (χ3n) is 6.66. The highest BCUT2D eigenvalue weighted by Gasteiger charge is 2.57. The van der Waals surface area contributed by atoms with Crippen molar-refractivity contribution in [1.82, 2.24) is 4.90 Å². The molecule has 4 rings (SSSR count). The summed E-state index contributed by atoms with van der Waals surface area (Å²) >= 11 is 0. The van der Waals surface area contributed by atoms with Crippen LogP contribution in [0.1, 0.15) is 54.6 Å². The zero-order chi connectivity index (χ0) is 20.8. The zero-order valence-corrected chi connectivity index (χ0v) is 16.3. The quantitative estimate of drug-likeness (QED) is 0.804. The number of hydrogen-bond donors (Lipinski definition) is 2. The second-order valence-electron chi connectivity index (χ2n) is 8.43. The molecule has 5 atom stereocenters. The summed E-state index contributed by atoms with van der Waals surface area (Å²) in [6, 6.07) is 11.7. The van der Waals surface area contributed by atoms with Crippen molar-refractivity contribution in [3.8, 4) is 0 Å². The van der Waals surface area contributed by atoms with E-state index in [-0.39, 0.29) is 17.6 Å². The number of hydrogen-bond acceptors (Lipinski definition) is 3. The molecule has 1 saturated heterocycles. The molecule has 0 bridgehead atoms. The normalized spacial score (nSPS) is 32.0. The van der Waals surface area contributed by atoms with Gasteiger partial charge in [-0.3, -0.25) is 4.79 Å². The van der Waals surface area contributed by atoms with E-state index in [1.807, 2.05) is 37.3 Å². The van der Waals surface area contributed by atoms with Gasteiger partial charge >= 0.3 is 0 Å². The molecule has 1 amide bonds. The minimum absolute atomic E-state index is 0.184. The minimum atomic E-state index is -0.989. The molecule has 2 aromatic carbocycles. The van der Waals surface area contributed by atoms with Gasteiger partial charge < -0.3 is 15.1 Å². The monoisotopic (exact) mass is 401 g/mol. The van der Waals surface area contributed by atoms with Crippen molar-refractivity contribution in [2.45, 2.75) is 56.9 Å². The molecule has 2 aliphatic rings. The summed E-state index contributed by atoms with van der Waals surface area (Å²) in [6.07, 6.45) is 0.305. The first-order chi connectivity index (χ1) is 13.8. The molecular formula is C23H25F2NO3. The number of carbonyl (C=O) groups is 1. The minimum Gasteiger partial charge on any atom is -0.390 e. The standard InChI is InChI=1S/C23H25F2NO3/c1-23-13-18(14-6-3-2-4-7-14)26(20(23)9-5-8-19(27)21(23)28)22(29)16-11-10-15(24)12-17(16)25/h2-4,6-7,10-12,18-21,27-28H,5,8-9,13H2,1H3/t18-,19-,20-,21-,23-/m1/s1. The number of nitrogens with zero attached hydrogens (tertiary/aromatic N) is 1. The largest absolute Gasteiger partial charge is 0.390 e. The van der Waals surface area contributed by atoms with Gasteiger partial charge in [-0.1, -0.05) is 37.3 Å². The van der Waals surface area contributed by atoms with Gasteiger partial charge in [-0.2, -0.15) is 0 Å². The van der Waals surface area contributed by atoms with Crippen LogP contribution >= 0.6 is 0 Å². The van der Waals surface area contributed by atoms with Crippen LogP contribution in [-0.4, -0.2) is 39.3 Å². The zero-order valence-electron chi connectivity index (χ0n) is 16.3. The highest BCUT2D eigenvalue weighted by atomic mass is 19.1. The van der Waals surface area contributed by atoms with Crippen LogP contribution in [0.2, 0.25) is 0 Å². The van der Waals surface area contributed by atoms with Gasteiger partial charge in [-0.05, 0) is 43.4 Å². The van der Waals surface area contributed by atoms with Gasteiger partial charge in [0.1, 0.15) is 11.6 Å². The molecule has 2 fully saturated rings. The Balaban J connectivity index is 1.81. The topological polar surface area (TPSA) is 60.8 Å². The molecule has 2 aromatic rings. The van der Waals surface area contributed by atoms with E-state index in [0.29, 0.717) is 31.7 Å². The summed E-state index contributed by atoms with van der Waals surface area (Å²) in [5.74, 6) is -2.16. The van der Waals surface area contributed by atoms with Crippen LogP contribution in [0.3, 0.4) is 0 Å². The number of fused-ring (bicyclic) bond motifs is 1. The van der Waals surface area contributed by atoms with Crippen LogP contribution < -0.4 is 0 Å². The molecule has 0 unspecified atom stereocenters. The molecular weight excluding hydrogens is 376 g/mol. The van der Waals surface area contributed by atoms with Crippen LogP contribution in [0.4, 0.5) is 8.78 Å². The lowest BCUT2D eigenvalue weighted by Gasteiger charge is -2.38. The van der Waals surface area contributed by atoms with E-state index in [1.54, 1.807) is 4.90 Å². The van der Waals surface area contributed by atoms with Gasteiger partial charge in [-0.15, -0.1) is 0 Å². The molecule has 6 heteroatoms. The van der Waals surface area contributed by atoms with Gasteiger partial charge in [0.05, 0.1) is 23.8 Å². The molecule has 4 nitrogen and oxygen atoms in total. The summed E-state index contributed by atoms with van der Waals surface area (Å²) in [6.45, 7) is 1.89.